The summed E-state index contributed by atoms with van der Waals surface area (Å²) in [5.74, 6) is 0.491. The van der Waals surface area contributed by atoms with Gasteiger partial charge in [0.25, 0.3) is 0 Å². The van der Waals surface area contributed by atoms with Crippen LogP contribution < -0.4 is 10.5 Å². The van der Waals surface area contributed by atoms with Gasteiger partial charge in [0.15, 0.2) is 0 Å². The number of aromatic amines is 2. The molecular weight excluding hydrogens is 431 g/mol. The highest BCUT2D eigenvalue weighted by Crippen LogP contribution is 2.35. The van der Waals surface area contributed by atoms with E-state index in [1.807, 2.05) is 30.5 Å². The van der Waals surface area contributed by atoms with Crippen molar-refractivity contribution in [2.45, 2.75) is 18.6 Å². The maximum absolute atomic E-state index is 13.2. The fourth-order valence-electron chi connectivity index (χ4n) is 3.91. The predicted molar refractivity (Wildman–Crippen MR) is 120 cm³/mol. The number of benzene rings is 2. The summed E-state index contributed by atoms with van der Waals surface area (Å²) in [7, 11) is 0. The predicted octanol–water partition coefficient (Wildman–Crippen LogP) is 5.07. The molecule has 1 atom stereocenters. The molecule has 0 aliphatic rings. The van der Waals surface area contributed by atoms with Gasteiger partial charge in [-0.3, -0.25) is 10.1 Å². The van der Waals surface area contributed by atoms with Gasteiger partial charge in [0.2, 0.25) is 0 Å². The zero-order chi connectivity index (χ0) is 23.0. The molecule has 3 heterocycles. The number of nitrogens with two attached hydrogens (primary N) is 1. The lowest BCUT2D eigenvalue weighted by Crippen LogP contribution is -2.30. The number of pyridine rings is 1. The Labute approximate surface area is 186 Å². The summed E-state index contributed by atoms with van der Waals surface area (Å²) in [5.41, 5.74) is 9.04. The molecule has 0 aliphatic carbocycles. The number of ether oxygens (including phenoxy) is 1. The van der Waals surface area contributed by atoms with E-state index in [9.17, 15) is 13.2 Å². The molecule has 0 radical (unpaired) electrons. The number of para-hydroxylation sites is 1. The minimum Gasteiger partial charge on any atom is -0.490 e. The molecule has 168 valence electrons. The van der Waals surface area contributed by atoms with E-state index >= 15 is 0 Å². The first-order chi connectivity index (χ1) is 15.9. The van der Waals surface area contributed by atoms with E-state index < -0.39 is 11.9 Å². The van der Waals surface area contributed by atoms with Gasteiger partial charge in [0.1, 0.15) is 18.1 Å². The molecule has 0 bridgehead atoms. The maximum Gasteiger partial charge on any atom is 0.433 e. The highest BCUT2D eigenvalue weighted by molar-refractivity contribution is 5.87. The summed E-state index contributed by atoms with van der Waals surface area (Å²) in [6.45, 7) is 0.267. The normalized spacial score (nSPS) is 13.0. The molecule has 0 saturated heterocycles. The Hall–Kier alpha value is -3.85. The lowest BCUT2D eigenvalue weighted by molar-refractivity contribution is -0.139. The van der Waals surface area contributed by atoms with Crippen LogP contribution in [0.5, 0.6) is 5.75 Å². The van der Waals surface area contributed by atoms with Crippen molar-refractivity contribution in [2.24, 2.45) is 5.73 Å². The van der Waals surface area contributed by atoms with Gasteiger partial charge in [0, 0.05) is 40.3 Å². The van der Waals surface area contributed by atoms with Crippen LogP contribution in [0.2, 0.25) is 0 Å². The minimum atomic E-state index is -4.52. The molecule has 0 amide bonds. The van der Waals surface area contributed by atoms with E-state index in [0.717, 1.165) is 16.5 Å². The average Bonchev–Trinajstić information content (AvgIpc) is 3.42. The molecule has 33 heavy (non-hydrogen) atoms. The molecule has 3 aromatic heterocycles. The number of halogens is 3. The van der Waals surface area contributed by atoms with Gasteiger partial charge < -0.3 is 15.5 Å². The van der Waals surface area contributed by atoms with Crippen molar-refractivity contribution in [3.8, 4) is 16.9 Å². The van der Waals surface area contributed by atoms with Gasteiger partial charge in [-0.2, -0.15) is 18.3 Å². The Morgan fingerprint density at radius 3 is 2.70 bits per heavy atom. The van der Waals surface area contributed by atoms with Crippen molar-refractivity contribution >= 4 is 21.8 Å². The van der Waals surface area contributed by atoms with Crippen molar-refractivity contribution in [2.75, 3.05) is 6.61 Å². The Bertz CT molecular complexity index is 1420. The molecule has 0 saturated carbocycles. The second-order valence-electron chi connectivity index (χ2n) is 7.87. The highest BCUT2D eigenvalue weighted by atomic mass is 19.4. The zero-order valence-electron chi connectivity index (χ0n) is 17.4. The van der Waals surface area contributed by atoms with Crippen LogP contribution in [0.25, 0.3) is 32.9 Å². The Morgan fingerprint density at radius 1 is 1.00 bits per heavy atom. The van der Waals surface area contributed by atoms with Crippen molar-refractivity contribution in [1.29, 1.82) is 0 Å². The van der Waals surface area contributed by atoms with Crippen LogP contribution in [0.1, 0.15) is 11.3 Å². The third-order valence-corrected chi connectivity index (χ3v) is 5.51. The summed E-state index contributed by atoms with van der Waals surface area (Å²) < 4.78 is 45.5. The Balaban J connectivity index is 1.31. The minimum absolute atomic E-state index is 0.00655. The van der Waals surface area contributed by atoms with E-state index in [4.69, 9.17) is 10.5 Å². The van der Waals surface area contributed by atoms with Crippen LogP contribution in [0.3, 0.4) is 0 Å². The molecule has 9 heteroatoms. The lowest BCUT2D eigenvalue weighted by atomic mass is 10.0. The number of fused-ring (bicyclic) bond motifs is 2. The van der Waals surface area contributed by atoms with Gasteiger partial charge in [-0.05, 0) is 41.8 Å². The summed E-state index contributed by atoms with van der Waals surface area (Å²) in [6, 6.07) is 14.2. The number of alkyl halides is 3. The van der Waals surface area contributed by atoms with E-state index in [-0.39, 0.29) is 23.6 Å². The van der Waals surface area contributed by atoms with Gasteiger partial charge in [-0.25, -0.2) is 0 Å². The van der Waals surface area contributed by atoms with E-state index in [2.05, 4.69) is 20.2 Å². The van der Waals surface area contributed by atoms with Crippen molar-refractivity contribution in [3.63, 3.8) is 0 Å². The molecule has 5 rings (SSSR count). The third kappa shape index (κ3) is 4.27. The molecule has 5 aromatic rings. The van der Waals surface area contributed by atoms with E-state index in [1.165, 1.54) is 6.07 Å². The van der Waals surface area contributed by atoms with Gasteiger partial charge in [-0.1, -0.05) is 24.3 Å². The summed E-state index contributed by atoms with van der Waals surface area (Å²) in [4.78, 5) is 7.41. The SMILES string of the molecule is N[C@H](COc1cncc(-c2ccc3n[nH]c(C(F)(F)F)c3c2)c1)Cc1c[nH]c2ccccc12. The second kappa shape index (κ2) is 8.25. The molecule has 0 fully saturated rings. The summed E-state index contributed by atoms with van der Waals surface area (Å²) >= 11 is 0. The first-order valence-corrected chi connectivity index (χ1v) is 10.3. The highest BCUT2D eigenvalue weighted by Gasteiger charge is 2.35. The number of H-pyrrole nitrogens is 2. The first-order valence-electron chi connectivity index (χ1n) is 10.3. The fourth-order valence-corrected chi connectivity index (χ4v) is 3.91. The number of rotatable bonds is 6. The number of aromatic nitrogens is 4. The Kier molecular flexibility index (Phi) is 5.26. The zero-order valence-corrected chi connectivity index (χ0v) is 17.4. The number of nitrogens with one attached hydrogen (secondary N) is 2. The van der Waals surface area contributed by atoms with E-state index in [1.54, 1.807) is 30.6 Å². The maximum atomic E-state index is 13.2. The Morgan fingerprint density at radius 2 is 1.85 bits per heavy atom. The molecule has 0 spiro atoms. The van der Waals surface area contributed by atoms with Crippen LogP contribution in [0, 0.1) is 0 Å². The van der Waals surface area contributed by atoms with Crippen LogP contribution in [0.15, 0.2) is 67.1 Å². The monoisotopic (exact) mass is 451 g/mol. The van der Waals surface area contributed by atoms with Crippen LogP contribution >= 0.6 is 0 Å². The molecule has 6 nitrogen and oxygen atoms in total. The molecule has 4 N–H and O–H groups in total. The topological polar surface area (TPSA) is 92.6 Å². The largest absolute Gasteiger partial charge is 0.490 e. The van der Waals surface area contributed by atoms with Crippen molar-refractivity contribution in [1.82, 2.24) is 20.2 Å². The van der Waals surface area contributed by atoms with Gasteiger partial charge in [-0.15, -0.1) is 0 Å². The number of hydrogen-bond acceptors (Lipinski definition) is 4. The summed E-state index contributed by atoms with van der Waals surface area (Å²) in [6.07, 6.45) is 1.20. The molecule has 2 aromatic carbocycles. The quantitative estimate of drug-likeness (QED) is 0.336. The number of hydrogen-bond donors (Lipinski definition) is 3. The van der Waals surface area contributed by atoms with Gasteiger partial charge >= 0.3 is 6.18 Å². The third-order valence-electron chi connectivity index (χ3n) is 5.51. The van der Waals surface area contributed by atoms with E-state index in [0.29, 0.717) is 23.3 Å². The van der Waals surface area contributed by atoms with Crippen LogP contribution in [0.4, 0.5) is 13.2 Å². The smallest absolute Gasteiger partial charge is 0.433 e. The van der Waals surface area contributed by atoms with Gasteiger partial charge in [0.05, 0.1) is 11.7 Å². The molecule has 0 aliphatic heterocycles. The summed E-state index contributed by atoms with van der Waals surface area (Å²) in [5, 5.41) is 6.94. The second-order valence-corrected chi connectivity index (χ2v) is 7.87. The lowest BCUT2D eigenvalue weighted by Gasteiger charge is -2.13. The first kappa shape index (κ1) is 21.0. The average molecular weight is 451 g/mol. The molecule has 0 unspecified atom stereocenters. The van der Waals surface area contributed by atoms with Crippen molar-refractivity contribution in [3.05, 3.63) is 78.4 Å². The van der Waals surface area contributed by atoms with Crippen molar-refractivity contribution < 1.29 is 17.9 Å². The van der Waals surface area contributed by atoms with Crippen LogP contribution in [-0.2, 0) is 12.6 Å². The molecular formula is C24H20F3N5O. The standard InChI is InChI=1S/C24H20F3N5O/c25-24(26,27)23-20-9-14(5-6-22(20)31-32-23)15-8-18(12-29-10-15)33-13-17(28)7-16-11-30-21-4-2-1-3-19(16)21/h1-6,8-12,17,30H,7,13,28H2,(H,31,32)/t17-/m0/s1. The van der Waals surface area contributed by atoms with Crippen LogP contribution in [-0.4, -0.2) is 32.8 Å². The number of nitrogens with zero attached hydrogens (tertiary/aromatic N) is 2. The fraction of sp³-hybridized carbons (Fsp3) is 0.167.